The van der Waals surface area contributed by atoms with Crippen molar-refractivity contribution in [3.8, 4) is 0 Å². The molecule has 0 saturated carbocycles. The summed E-state index contributed by atoms with van der Waals surface area (Å²) in [7, 11) is 0. The number of hydrogen-bond acceptors (Lipinski definition) is 2. The zero-order valence-electron chi connectivity index (χ0n) is 10.6. The van der Waals surface area contributed by atoms with Crippen LogP contribution in [0.4, 0.5) is 0 Å². The Kier molecular flexibility index (Phi) is 2.82. The molecule has 0 radical (unpaired) electrons. The van der Waals surface area contributed by atoms with Gasteiger partial charge in [0.2, 0.25) is 0 Å². The van der Waals surface area contributed by atoms with E-state index in [1.54, 1.807) is 0 Å². The van der Waals surface area contributed by atoms with Crippen molar-refractivity contribution in [3.05, 3.63) is 36.1 Å². The maximum Gasteiger partial charge on any atom is 0.289 e. The summed E-state index contributed by atoms with van der Waals surface area (Å²) in [5.41, 5.74) is 0.783. The standard InChI is InChI=1S/C15H17NO2/c1-11-6-4-5-9-16(11)15(17)14-10-12-7-2-3-8-13(12)18-14/h2-3,7-8,10-11H,4-6,9H2,1H3. The zero-order valence-corrected chi connectivity index (χ0v) is 10.6. The van der Waals surface area contributed by atoms with Crippen LogP contribution in [0.15, 0.2) is 34.7 Å². The molecule has 1 saturated heterocycles. The fourth-order valence-corrected chi connectivity index (χ4v) is 2.63. The molecule has 1 amide bonds. The highest BCUT2D eigenvalue weighted by Crippen LogP contribution is 2.23. The molecule has 1 aliphatic heterocycles. The van der Waals surface area contributed by atoms with Crippen LogP contribution in [0.25, 0.3) is 11.0 Å². The van der Waals surface area contributed by atoms with Crippen molar-refractivity contribution < 1.29 is 9.21 Å². The van der Waals surface area contributed by atoms with Gasteiger partial charge in [0.1, 0.15) is 5.58 Å². The Morgan fingerprint density at radius 2 is 2.17 bits per heavy atom. The van der Waals surface area contributed by atoms with Gasteiger partial charge in [-0.05, 0) is 38.3 Å². The largest absolute Gasteiger partial charge is 0.451 e. The first-order valence-corrected chi connectivity index (χ1v) is 6.55. The average Bonchev–Trinajstić information content (AvgIpc) is 2.82. The minimum absolute atomic E-state index is 0.0263. The van der Waals surface area contributed by atoms with E-state index in [-0.39, 0.29) is 5.91 Å². The molecule has 3 nitrogen and oxygen atoms in total. The summed E-state index contributed by atoms with van der Waals surface area (Å²) in [5, 5.41) is 0.991. The Hall–Kier alpha value is -1.77. The van der Waals surface area contributed by atoms with Gasteiger partial charge in [-0.1, -0.05) is 18.2 Å². The van der Waals surface area contributed by atoms with Gasteiger partial charge in [0, 0.05) is 18.0 Å². The average molecular weight is 243 g/mol. The third-order valence-electron chi connectivity index (χ3n) is 3.70. The lowest BCUT2D eigenvalue weighted by molar-refractivity contribution is 0.0605. The number of likely N-dealkylation sites (tertiary alicyclic amines) is 1. The van der Waals surface area contributed by atoms with Gasteiger partial charge in [-0.3, -0.25) is 4.79 Å². The molecule has 18 heavy (non-hydrogen) atoms. The van der Waals surface area contributed by atoms with Crippen molar-refractivity contribution in [2.45, 2.75) is 32.2 Å². The lowest BCUT2D eigenvalue weighted by atomic mass is 10.0. The molecule has 94 valence electrons. The van der Waals surface area contributed by atoms with Gasteiger partial charge in [-0.15, -0.1) is 0 Å². The van der Waals surface area contributed by atoms with Crippen molar-refractivity contribution in [2.24, 2.45) is 0 Å². The molecule has 1 aromatic carbocycles. The van der Waals surface area contributed by atoms with E-state index in [0.717, 1.165) is 30.4 Å². The first-order valence-electron chi connectivity index (χ1n) is 6.55. The number of piperidine rings is 1. The third-order valence-corrected chi connectivity index (χ3v) is 3.70. The Bertz CT molecular complexity index is 540. The first kappa shape index (κ1) is 11.3. The molecule has 0 spiro atoms. The summed E-state index contributed by atoms with van der Waals surface area (Å²) in [5.74, 6) is 0.489. The molecule has 1 atom stereocenters. The van der Waals surface area contributed by atoms with E-state index in [4.69, 9.17) is 4.42 Å². The predicted molar refractivity (Wildman–Crippen MR) is 70.6 cm³/mol. The molecule has 0 bridgehead atoms. The quantitative estimate of drug-likeness (QED) is 0.768. The number of hydrogen-bond donors (Lipinski definition) is 0. The molecule has 0 aliphatic carbocycles. The molecule has 2 aromatic rings. The van der Waals surface area contributed by atoms with Gasteiger partial charge in [-0.25, -0.2) is 0 Å². The Labute approximate surface area is 106 Å². The second-order valence-corrected chi connectivity index (χ2v) is 4.99. The highest BCUT2D eigenvalue weighted by Gasteiger charge is 2.26. The highest BCUT2D eigenvalue weighted by atomic mass is 16.3. The second-order valence-electron chi connectivity index (χ2n) is 4.99. The summed E-state index contributed by atoms with van der Waals surface area (Å²) in [6.45, 7) is 2.96. The van der Waals surface area contributed by atoms with E-state index in [0.29, 0.717) is 11.8 Å². The smallest absolute Gasteiger partial charge is 0.289 e. The monoisotopic (exact) mass is 243 g/mol. The summed E-state index contributed by atoms with van der Waals surface area (Å²) >= 11 is 0. The van der Waals surface area contributed by atoms with Crippen LogP contribution in [0.2, 0.25) is 0 Å². The predicted octanol–water partition coefficient (Wildman–Crippen LogP) is 3.45. The van der Waals surface area contributed by atoms with Crippen molar-refractivity contribution in [1.82, 2.24) is 4.90 Å². The van der Waals surface area contributed by atoms with E-state index >= 15 is 0 Å². The van der Waals surface area contributed by atoms with Crippen LogP contribution in [-0.2, 0) is 0 Å². The van der Waals surface area contributed by atoms with Gasteiger partial charge in [0.25, 0.3) is 5.91 Å². The molecule has 0 N–H and O–H groups in total. The molecule has 2 heterocycles. The number of carbonyl (C=O) groups excluding carboxylic acids is 1. The van der Waals surface area contributed by atoms with Crippen molar-refractivity contribution in [2.75, 3.05) is 6.54 Å². The van der Waals surface area contributed by atoms with Crippen LogP contribution in [0.3, 0.4) is 0 Å². The van der Waals surface area contributed by atoms with E-state index in [9.17, 15) is 4.79 Å². The summed E-state index contributed by atoms with van der Waals surface area (Å²) < 4.78 is 5.64. The van der Waals surface area contributed by atoms with Crippen LogP contribution in [0.5, 0.6) is 0 Å². The first-order chi connectivity index (χ1) is 8.75. The lowest BCUT2D eigenvalue weighted by Gasteiger charge is -2.32. The molecule has 1 unspecified atom stereocenters. The highest BCUT2D eigenvalue weighted by molar-refractivity contribution is 5.96. The normalized spacial score (nSPS) is 20.3. The number of para-hydroxylation sites is 1. The number of nitrogens with zero attached hydrogens (tertiary/aromatic N) is 1. The minimum atomic E-state index is 0.0263. The summed E-state index contributed by atoms with van der Waals surface area (Å²) in [6.07, 6.45) is 3.40. The molecule has 1 aliphatic rings. The van der Waals surface area contributed by atoms with Crippen LogP contribution in [0.1, 0.15) is 36.7 Å². The third kappa shape index (κ3) is 1.90. The number of amides is 1. The topological polar surface area (TPSA) is 33.5 Å². The maximum atomic E-state index is 12.4. The second kappa shape index (κ2) is 4.48. The van der Waals surface area contributed by atoms with Gasteiger partial charge < -0.3 is 9.32 Å². The van der Waals surface area contributed by atoms with Gasteiger partial charge in [0.05, 0.1) is 0 Å². The zero-order chi connectivity index (χ0) is 12.5. The molecule has 1 aromatic heterocycles. The maximum absolute atomic E-state index is 12.4. The SMILES string of the molecule is CC1CCCCN1C(=O)c1cc2ccccc2o1. The van der Waals surface area contributed by atoms with Crippen molar-refractivity contribution in [3.63, 3.8) is 0 Å². The molecule has 1 fully saturated rings. The van der Waals surface area contributed by atoms with E-state index < -0.39 is 0 Å². The fraction of sp³-hybridized carbons (Fsp3) is 0.400. The van der Waals surface area contributed by atoms with Crippen molar-refractivity contribution in [1.29, 1.82) is 0 Å². The number of furan rings is 1. The number of fused-ring (bicyclic) bond motifs is 1. The minimum Gasteiger partial charge on any atom is -0.451 e. The summed E-state index contributed by atoms with van der Waals surface area (Å²) in [6, 6.07) is 9.90. The number of carbonyl (C=O) groups is 1. The van der Waals surface area contributed by atoms with Gasteiger partial charge >= 0.3 is 0 Å². The molecule has 3 rings (SSSR count). The van der Waals surface area contributed by atoms with E-state index in [2.05, 4.69) is 6.92 Å². The Morgan fingerprint density at radius 1 is 1.33 bits per heavy atom. The van der Waals surface area contributed by atoms with Gasteiger partial charge in [-0.2, -0.15) is 0 Å². The number of benzene rings is 1. The molecular weight excluding hydrogens is 226 g/mol. The molecular formula is C15H17NO2. The van der Waals surface area contributed by atoms with E-state index in [1.165, 1.54) is 6.42 Å². The van der Waals surface area contributed by atoms with Crippen LogP contribution in [-0.4, -0.2) is 23.4 Å². The fourth-order valence-electron chi connectivity index (χ4n) is 2.63. The Morgan fingerprint density at radius 3 is 2.94 bits per heavy atom. The van der Waals surface area contributed by atoms with Crippen LogP contribution < -0.4 is 0 Å². The molecule has 3 heteroatoms. The Balaban J connectivity index is 1.91. The lowest BCUT2D eigenvalue weighted by Crippen LogP contribution is -2.41. The van der Waals surface area contributed by atoms with Crippen molar-refractivity contribution >= 4 is 16.9 Å². The number of rotatable bonds is 1. The van der Waals surface area contributed by atoms with Crippen LogP contribution >= 0.6 is 0 Å². The van der Waals surface area contributed by atoms with Gasteiger partial charge in [0.15, 0.2) is 5.76 Å². The summed E-state index contributed by atoms with van der Waals surface area (Å²) in [4.78, 5) is 14.3. The van der Waals surface area contributed by atoms with E-state index in [1.807, 2.05) is 35.2 Å². The van der Waals surface area contributed by atoms with Crippen LogP contribution in [0, 0.1) is 0 Å².